The molecule has 0 spiro atoms. The highest BCUT2D eigenvalue weighted by atomic mass is 16.6. The quantitative estimate of drug-likeness (QED) is 0.0170. The monoisotopic (exact) mass is 1240 g/mol. The van der Waals surface area contributed by atoms with Gasteiger partial charge in [0.15, 0.2) is 23.8 Å². The number of amides is 4. The topological polar surface area (TPSA) is 244 Å². The van der Waals surface area contributed by atoms with Gasteiger partial charge in [0.25, 0.3) is 0 Å². The molecule has 2 fully saturated rings. The highest BCUT2D eigenvalue weighted by Crippen LogP contribution is 2.61. The number of carbonyl (C=O) groups excluding carboxylic acids is 6. The minimum absolute atomic E-state index is 0.00573. The summed E-state index contributed by atoms with van der Waals surface area (Å²) in [5.74, 6) is -1.96. The van der Waals surface area contributed by atoms with E-state index in [0.29, 0.717) is 48.7 Å². The Labute approximate surface area is 534 Å². The molecule has 0 aromatic rings. The van der Waals surface area contributed by atoms with Gasteiger partial charge < -0.3 is 41.0 Å². The van der Waals surface area contributed by atoms with Crippen molar-refractivity contribution in [3.05, 3.63) is 153 Å². The van der Waals surface area contributed by atoms with Gasteiger partial charge in [0.1, 0.15) is 0 Å². The predicted octanol–water partition coefficient (Wildman–Crippen LogP) is 13.8. The fourth-order valence-electron chi connectivity index (χ4n) is 14.3. The SMILES string of the molecule is CCC1=CC2C(C1)CC2(CNC(=O)NCCCC(=O)OC1CC(C)(C)C(C=CC(C)=CC=CC(C)=CC=CC=C(C)C=CC=C(C)C=CC2=C(C)C(=O)C(OC(=O)CCCNC(=O)NCC3(CC(=O)O)CC4CC(CC)=CC43)CC2(C)C)=C(C)C1=O)CC(=O)O. The van der Waals surface area contributed by atoms with E-state index in [9.17, 15) is 48.6 Å². The van der Waals surface area contributed by atoms with Crippen LogP contribution in [0.4, 0.5) is 9.59 Å². The summed E-state index contributed by atoms with van der Waals surface area (Å²) >= 11 is 0. The summed E-state index contributed by atoms with van der Waals surface area (Å²) < 4.78 is 11.4. The first-order valence-corrected chi connectivity index (χ1v) is 32.3. The first-order valence-electron chi connectivity index (χ1n) is 32.3. The van der Waals surface area contributed by atoms with E-state index in [4.69, 9.17) is 9.47 Å². The van der Waals surface area contributed by atoms with Crippen molar-refractivity contribution in [1.82, 2.24) is 21.3 Å². The average Bonchev–Trinajstić information content (AvgIpc) is 1.55. The second-order valence-electron chi connectivity index (χ2n) is 27.4. The van der Waals surface area contributed by atoms with Crippen molar-refractivity contribution in [3.8, 4) is 0 Å². The zero-order valence-corrected chi connectivity index (χ0v) is 55.4. The number of esters is 2. The third-order valence-electron chi connectivity index (χ3n) is 19.3. The maximum Gasteiger partial charge on any atom is 0.314 e. The molecule has 0 radical (unpaired) electrons. The number of carboxylic acid groups (broad SMARTS) is 2. The lowest BCUT2D eigenvalue weighted by Crippen LogP contribution is -2.54. The van der Waals surface area contributed by atoms with E-state index in [2.05, 4.69) is 47.3 Å². The molecule has 8 unspecified atom stereocenters. The molecule has 0 aromatic carbocycles. The first-order chi connectivity index (χ1) is 42.5. The number of allylic oxidation sites excluding steroid dienone is 24. The summed E-state index contributed by atoms with van der Waals surface area (Å²) in [7, 11) is 0. The highest BCUT2D eigenvalue weighted by Gasteiger charge is 2.57. The van der Waals surface area contributed by atoms with Crippen molar-refractivity contribution >= 4 is 47.5 Å². The zero-order valence-electron chi connectivity index (χ0n) is 55.4. The third-order valence-corrected chi connectivity index (χ3v) is 19.3. The van der Waals surface area contributed by atoms with E-state index in [-0.39, 0.29) is 75.3 Å². The molecular formula is C74H100N4O12. The summed E-state index contributed by atoms with van der Waals surface area (Å²) in [6, 6.07) is -0.808. The molecule has 6 rings (SSSR count). The molecule has 0 aromatic heterocycles. The smallest absolute Gasteiger partial charge is 0.314 e. The van der Waals surface area contributed by atoms with E-state index in [1.807, 2.05) is 140 Å². The van der Waals surface area contributed by atoms with Gasteiger partial charge in [-0.05, 0) is 150 Å². The molecule has 90 heavy (non-hydrogen) atoms. The molecule has 0 heterocycles. The van der Waals surface area contributed by atoms with Gasteiger partial charge in [-0.2, -0.15) is 0 Å². The minimum atomic E-state index is -0.896. The molecular weight excluding hydrogens is 1140 g/mol. The van der Waals surface area contributed by atoms with Gasteiger partial charge >= 0.3 is 35.9 Å². The number of urea groups is 2. The Kier molecular flexibility index (Phi) is 25.3. The van der Waals surface area contributed by atoms with Crippen LogP contribution in [0.2, 0.25) is 0 Å². The second-order valence-corrected chi connectivity index (χ2v) is 27.4. The minimum Gasteiger partial charge on any atom is -0.481 e. The third kappa shape index (κ3) is 19.4. The van der Waals surface area contributed by atoms with E-state index in [1.165, 1.54) is 11.1 Å². The van der Waals surface area contributed by atoms with Crippen molar-refractivity contribution < 1.29 is 58.0 Å². The molecule has 4 amide bonds. The normalized spacial score (nSPS) is 26.8. The molecule has 16 heteroatoms. The number of ether oxygens (including phenoxy) is 2. The highest BCUT2D eigenvalue weighted by molar-refractivity contribution is 6.02. The fourth-order valence-corrected chi connectivity index (χ4v) is 14.3. The summed E-state index contributed by atoms with van der Waals surface area (Å²) in [5.41, 5.74) is 7.84. The van der Waals surface area contributed by atoms with Gasteiger partial charge in [-0.25, -0.2) is 9.59 Å². The summed E-state index contributed by atoms with van der Waals surface area (Å²) in [6.07, 6.45) is 37.4. The Bertz CT molecular complexity index is 2980. The Morgan fingerprint density at radius 2 is 0.889 bits per heavy atom. The van der Waals surface area contributed by atoms with Crippen LogP contribution in [0, 0.1) is 45.3 Å². The summed E-state index contributed by atoms with van der Waals surface area (Å²) in [6.45, 7) is 24.9. The fraction of sp³-hybridized carbons (Fsp3) is 0.541. The van der Waals surface area contributed by atoms with Crippen LogP contribution >= 0.6 is 0 Å². The molecule has 8 atom stereocenters. The Balaban J connectivity index is 0.876. The van der Waals surface area contributed by atoms with Crippen LogP contribution < -0.4 is 21.3 Å². The largest absolute Gasteiger partial charge is 0.481 e. The number of hydrogen-bond donors (Lipinski definition) is 6. The van der Waals surface area contributed by atoms with Gasteiger partial charge in [-0.3, -0.25) is 28.8 Å². The van der Waals surface area contributed by atoms with Crippen molar-refractivity contribution in [2.24, 2.45) is 45.3 Å². The molecule has 6 aliphatic rings. The number of carboxylic acids is 2. The number of nitrogens with one attached hydrogen (secondary N) is 4. The van der Waals surface area contributed by atoms with E-state index < -0.39 is 69.8 Å². The van der Waals surface area contributed by atoms with Crippen LogP contribution in [0.25, 0.3) is 0 Å². The number of Topliss-reactive ketones (excluding diaryl/α,β-unsaturated/α-hetero) is 2. The maximum absolute atomic E-state index is 13.5. The average molecular weight is 1240 g/mol. The molecule has 0 saturated heterocycles. The first kappa shape index (κ1) is 71.5. The predicted molar refractivity (Wildman–Crippen MR) is 353 cm³/mol. The molecule has 0 aliphatic heterocycles. The lowest BCUT2D eigenvalue weighted by atomic mass is 9.53. The van der Waals surface area contributed by atoms with Crippen LogP contribution in [0.3, 0.4) is 0 Å². The van der Waals surface area contributed by atoms with Gasteiger partial charge in [-0.15, -0.1) is 0 Å². The van der Waals surface area contributed by atoms with Crippen LogP contribution in [0.15, 0.2) is 153 Å². The molecule has 488 valence electrons. The van der Waals surface area contributed by atoms with Crippen molar-refractivity contribution in [2.45, 2.75) is 185 Å². The van der Waals surface area contributed by atoms with E-state index in [1.54, 1.807) is 13.8 Å². The Hall–Kier alpha value is -7.62. The van der Waals surface area contributed by atoms with Crippen LogP contribution in [0.1, 0.15) is 173 Å². The lowest BCUT2D eigenvalue weighted by Gasteiger charge is -2.51. The Morgan fingerprint density at radius 1 is 0.533 bits per heavy atom. The number of carbonyl (C=O) groups is 8. The summed E-state index contributed by atoms with van der Waals surface area (Å²) in [4.78, 5) is 102. The number of hydrogen-bond acceptors (Lipinski definition) is 10. The zero-order chi connectivity index (χ0) is 66.1. The molecule has 16 nitrogen and oxygen atoms in total. The number of ketones is 2. The summed E-state index contributed by atoms with van der Waals surface area (Å²) in [5, 5.41) is 30.5. The standard InChI is InChI=1S/C74H100N4O12/c1-13-53-35-55-39-73(43-63(79)80,59(55)37-53)45-77-69(87)75-33-19-27-65(83)89-61-41-71(9,10)57(51(7)67(61)85)31-29-49(5)25-17-23-47(3)21-15-16-22-48(4)24-18-26-50(6)30-32-58-52(8)68(86)62(42-72(58,11)12)90-66(84)28-20-34-76-70(88)78-46-74(44-64(81)82)40-56-36-54(14-2)38-60(56)74/h15-18,21-26,29-32,37-38,55-56,59-62H,13-14,19-20,27-28,33-36,39-46H2,1-12H3,(H,79,80)(H,81,82)(H2,75,77,87)(H2,76,78,88). The van der Waals surface area contributed by atoms with Crippen LogP contribution in [0.5, 0.6) is 0 Å². The number of rotatable bonds is 30. The number of fused-ring (bicyclic) bond motifs is 2. The molecule has 0 bridgehead atoms. The van der Waals surface area contributed by atoms with Gasteiger partial charge in [0.05, 0.1) is 12.8 Å². The Morgan fingerprint density at radius 3 is 1.24 bits per heavy atom. The second kappa shape index (κ2) is 31.9. The molecule has 6 aliphatic carbocycles. The van der Waals surface area contributed by atoms with E-state index >= 15 is 0 Å². The van der Waals surface area contributed by atoms with E-state index in [0.717, 1.165) is 72.0 Å². The van der Waals surface area contributed by atoms with Gasteiger partial charge in [-0.1, -0.05) is 172 Å². The number of aliphatic carboxylic acids is 2. The van der Waals surface area contributed by atoms with Crippen molar-refractivity contribution in [1.29, 1.82) is 0 Å². The van der Waals surface area contributed by atoms with Crippen molar-refractivity contribution in [3.63, 3.8) is 0 Å². The van der Waals surface area contributed by atoms with Gasteiger partial charge in [0, 0.05) is 62.7 Å². The maximum atomic E-state index is 13.5. The molecule has 6 N–H and O–H groups in total. The van der Waals surface area contributed by atoms with Crippen LogP contribution in [-0.2, 0) is 38.2 Å². The van der Waals surface area contributed by atoms with Gasteiger partial charge in [0.2, 0.25) is 0 Å². The molecule has 2 saturated carbocycles. The van der Waals surface area contributed by atoms with Crippen molar-refractivity contribution in [2.75, 3.05) is 26.2 Å². The lowest BCUT2D eigenvalue weighted by molar-refractivity contribution is -0.156. The van der Waals surface area contributed by atoms with Crippen LogP contribution in [-0.4, -0.2) is 96.1 Å².